The molecule has 1 amide bonds. The van der Waals surface area contributed by atoms with Crippen LogP contribution in [0, 0.1) is 0 Å². The molecule has 2 heterocycles. The molecule has 1 atom stereocenters. The van der Waals surface area contributed by atoms with E-state index in [1.807, 2.05) is 18.2 Å². The number of amides is 1. The quantitative estimate of drug-likeness (QED) is 0.738. The number of nitrogens with zero attached hydrogens (tertiary/aromatic N) is 2. The molecule has 0 aliphatic carbocycles. The minimum absolute atomic E-state index is 0.0418. The molecule has 0 saturated carbocycles. The van der Waals surface area contributed by atoms with E-state index in [0.29, 0.717) is 12.0 Å². The number of benzene rings is 1. The van der Waals surface area contributed by atoms with Crippen LogP contribution >= 0.6 is 0 Å². The van der Waals surface area contributed by atoms with Crippen LogP contribution in [-0.2, 0) is 16.3 Å². The molecule has 7 heteroatoms. The number of hydrogen-bond acceptors (Lipinski definition) is 5. The number of aromatic nitrogens is 1. The summed E-state index contributed by atoms with van der Waals surface area (Å²) in [5, 5.41) is 3.30. The lowest BCUT2D eigenvalue weighted by Gasteiger charge is -2.23. The Morgan fingerprint density at radius 2 is 2.04 bits per heavy atom. The summed E-state index contributed by atoms with van der Waals surface area (Å²) in [5.41, 5.74) is 2.56. The first kappa shape index (κ1) is 19.4. The molecule has 1 fully saturated rings. The molecule has 1 aromatic heterocycles. The van der Waals surface area contributed by atoms with Crippen molar-refractivity contribution in [2.24, 2.45) is 0 Å². The van der Waals surface area contributed by atoms with Crippen molar-refractivity contribution < 1.29 is 13.2 Å². The standard InChI is InChI=1S/C20H25N3O3S/c1-23(19-9-11-27(25,26)15-19)20(24)17-12-18(14-21-13-17)22-10-5-8-16-6-3-2-4-7-16/h2-4,6-7,12-14,19,22H,5,8-11,15H2,1H3. The molecule has 1 aliphatic rings. The molecule has 0 radical (unpaired) electrons. The van der Waals surface area contributed by atoms with Crippen molar-refractivity contribution in [3.8, 4) is 0 Å². The fraction of sp³-hybridized carbons (Fsp3) is 0.400. The monoisotopic (exact) mass is 387 g/mol. The first-order chi connectivity index (χ1) is 12.9. The molecule has 6 nitrogen and oxygen atoms in total. The van der Waals surface area contributed by atoms with Gasteiger partial charge in [-0.15, -0.1) is 0 Å². The van der Waals surface area contributed by atoms with Gasteiger partial charge in [-0.3, -0.25) is 9.78 Å². The largest absolute Gasteiger partial charge is 0.384 e. The minimum atomic E-state index is -3.02. The lowest BCUT2D eigenvalue weighted by atomic mass is 10.1. The van der Waals surface area contributed by atoms with E-state index in [4.69, 9.17) is 0 Å². The van der Waals surface area contributed by atoms with Gasteiger partial charge in [-0.25, -0.2) is 8.42 Å². The molecule has 2 aromatic rings. The lowest BCUT2D eigenvalue weighted by molar-refractivity contribution is 0.0747. The number of sulfone groups is 1. The number of carbonyl (C=O) groups is 1. The van der Waals surface area contributed by atoms with Gasteiger partial charge in [0, 0.05) is 32.0 Å². The van der Waals surface area contributed by atoms with E-state index in [1.165, 1.54) is 16.7 Å². The number of carbonyl (C=O) groups excluding carboxylic acids is 1. The van der Waals surface area contributed by atoms with E-state index in [2.05, 4.69) is 22.4 Å². The number of hydrogen-bond donors (Lipinski definition) is 1. The van der Waals surface area contributed by atoms with E-state index in [-0.39, 0.29) is 23.5 Å². The van der Waals surface area contributed by atoms with Gasteiger partial charge in [-0.1, -0.05) is 30.3 Å². The van der Waals surface area contributed by atoms with Crippen LogP contribution in [0.2, 0.25) is 0 Å². The molecule has 1 saturated heterocycles. The average molecular weight is 388 g/mol. The van der Waals surface area contributed by atoms with Gasteiger partial charge in [0.05, 0.1) is 22.8 Å². The second-order valence-electron chi connectivity index (χ2n) is 6.95. The van der Waals surface area contributed by atoms with Crippen LogP contribution in [0.5, 0.6) is 0 Å². The van der Waals surface area contributed by atoms with Crippen LogP contribution in [0.1, 0.15) is 28.8 Å². The van der Waals surface area contributed by atoms with Gasteiger partial charge in [0.15, 0.2) is 9.84 Å². The molecular weight excluding hydrogens is 362 g/mol. The molecule has 0 bridgehead atoms. The number of aryl methyl sites for hydroxylation is 1. The van der Waals surface area contributed by atoms with E-state index < -0.39 is 9.84 Å². The van der Waals surface area contributed by atoms with Crippen molar-refractivity contribution in [2.75, 3.05) is 30.4 Å². The number of anilines is 1. The van der Waals surface area contributed by atoms with Crippen molar-refractivity contribution in [3.05, 3.63) is 59.9 Å². The summed E-state index contributed by atoms with van der Waals surface area (Å²) in [4.78, 5) is 18.4. The normalized spacial score (nSPS) is 18.2. The zero-order chi connectivity index (χ0) is 19.3. The first-order valence-corrected chi connectivity index (χ1v) is 11.0. The highest BCUT2D eigenvalue weighted by Crippen LogP contribution is 2.19. The summed E-state index contributed by atoms with van der Waals surface area (Å²) in [5.74, 6) is -0.00561. The summed E-state index contributed by atoms with van der Waals surface area (Å²) >= 11 is 0. The highest BCUT2D eigenvalue weighted by molar-refractivity contribution is 7.91. The maximum atomic E-state index is 12.7. The maximum Gasteiger partial charge on any atom is 0.255 e. The predicted molar refractivity (Wildman–Crippen MR) is 107 cm³/mol. The third-order valence-corrected chi connectivity index (χ3v) is 6.63. The Hall–Kier alpha value is -2.41. The first-order valence-electron chi connectivity index (χ1n) is 9.15. The number of pyridine rings is 1. The fourth-order valence-corrected chi connectivity index (χ4v) is 5.05. The second-order valence-corrected chi connectivity index (χ2v) is 9.18. The Labute approximate surface area is 160 Å². The SMILES string of the molecule is CN(C(=O)c1cncc(NCCCc2ccccc2)c1)C1CCS(=O)(=O)C1. The topological polar surface area (TPSA) is 79.4 Å². The van der Waals surface area contributed by atoms with Crippen molar-refractivity contribution in [3.63, 3.8) is 0 Å². The van der Waals surface area contributed by atoms with Crippen molar-refractivity contribution in [1.82, 2.24) is 9.88 Å². The van der Waals surface area contributed by atoms with Crippen LogP contribution in [0.25, 0.3) is 0 Å². The smallest absolute Gasteiger partial charge is 0.255 e. The zero-order valence-corrected chi connectivity index (χ0v) is 16.3. The summed E-state index contributed by atoms with van der Waals surface area (Å²) in [6.45, 7) is 0.783. The Balaban J connectivity index is 1.54. The van der Waals surface area contributed by atoms with E-state index in [1.54, 1.807) is 19.3 Å². The Morgan fingerprint density at radius 3 is 2.74 bits per heavy atom. The van der Waals surface area contributed by atoms with Crippen LogP contribution in [0.3, 0.4) is 0 Å². The summed E-state index contributed by atoms with van der Waals surface area (Å²) in [6.07, 6.45) is 5.67. The molecule has 0 spiro atoms. The van der Waals surface area contributed by atoms with Crippen molar-refractivity contribution in [1.29, 1.82) is 0 Å². The van der Waals surface area contributed by atoms with E-state index >= 15 is 0 Å². The molecule has 1 aliphatic heterocycles. The zero-order valence-electron chi connectivity index (χ0n) is 15.5. The van der Waals surface area contributed by atoms with Gasteiger partial charge in [0.2, 0.25) is 0 Å². The Morgan fingerprint density at radius 1 is 1.26 bits per heavy atom. The molecule has 1 unspecified atom stereocenters. The lowest BCUT2D eigenvalue weighted by Crippen LogP contribution is -2.37. The molecule has 3 rings (SSSR count). The van der Waals surface area contributed by atoms with Crippen molar-refractivity contribution in [2.45, 2.75) is 25.3 Å². The van der Waals surface area contributed by atoms with Gasteiger partial charge < -0.3 is 10.2 Å². The Kier molecular flexibility index (Phi) is 6.11. The summed E-state index contributed by atoms with van der Waals surface area (Å²) in [6, 6.07) is 11.8. The minimum Gasteiger partial charge on any atom is -0.384 e. The van der Waals surface area contributed by atoms with Gasteiger partial charge in [0.1, 0.15) is 0 Å². The van der Waals surface area contributed by atoms with Gasteiger partial charge in [0.25, 0.3) is 5.91 Å². The van der Waals surface area contributed by atoms with Crippen LogP contribution in [-0.4, -0.2) is 55.3 Å². The third-order valence-electron chi connectivity index (χ3n) is 4.88. The molecule has 1 N–H and O–H groups in total. The highest BCUT2D eigenvalue weighted by atomic mass is 32.2. The van der Waals surface area contributed by atoms with Gasteiger partial charge in [-0.2, -0.15) is 0 Å². The van der Waals surface area contributed by atoms with Crippen molar-refractivity contribution >= 4 is 21.4 Å². The third kappa shape index (κ3) is 5.29. The van der Waals surface area contributed by atoms with Crippen LogP contribution in [0.15, 0.2) is 48.8 Å². The average Bonchev–Trinajstić information content (AvgIpc) is 3.05. The van der Waals surface area contributed by atoms with Gasteiger partial charge in [-0.05, 0) is 30.9 Å². The number of rotatable bonds is 7. The molecule has 1 aromatic carbocycles. The molecule has 27 heavy (non-hydrogen) atoms. The molecule has 144 valence electrons. The highest BCUT2D eigenvalue weighted by Gasteiger charge is 2.33. The van der Waals surface area contributed by atoms with Crippen LogP contribution < -0.4 is 5.32 Å². The fourth-order valence-electron chi connectivity index (χ4n) is 3.27. The summed E-state index contributed by atoms with van der Waals surface area (Å²) in [7, 11) is -1.36. The van der Waals surface area contributed by atoms with E-state index in [9.17, 15) is 13.2 Å². The maximum absolute atomic E-state index is 12.7. The van der Waals surface area contributed by atoms with E-state index in [0.717, 1.165) is 25.1 Å². The molecular formula is C20H25N3O3S. The Bertz CT molecular complexity index is 884. The van der Waals surface area contributed by atoms with Gasteiger partial charge >= 0.3 is 0 Å². The predicted octanol–water partition coefficient (Wildman–Crippen LogP) is 2.39. The van der Waals surface area contributed by atoms with Crippen LogP contribution in [0.4, 0.5) is 5.69 Å². The second kappa shape index (κ2) is 8.52. The summed E-state index contributed by atoms with van der Waals surface area (Å²) < 4.78 is 23.3. The number of nitrogens with one attached hydrogen (secondary N) is 1.